The molecule has 17 aromatic rings. The van der Waals surface area contributed by atoms with E-state index in [0.29, 0.717) is 17.5 Å². The topological polar surface area (TPSA) is 48.5 Å². The van der Waals surface area contributed by atoms with E-state index in [0.717, 1.165) is 39.1 Å². The van der Waals surface area contributed by atoms with Crippen molar-refractivity contribution in [3.8, 4) is 67.8 Å². The van der Waals surface area contributed by atoms with Crippen LogP contribution in [0.1, 0.15) is 49.9 Å². The van der Waals surface area contributed by atoms with Crippen molar-refractivity contribution in [2.45, 2.75) is 38.5 Å². The molecule has 0 amide bonds. The molecule has 0 fully saturated rings. The second-order valence-corrected chi connectivity index (χ2v) is 26.6. The first-order valence-corrected chi connectivity index (χ1v) is 32.4. The third-order valence-corrected chi connectivity index (χ3v) is 20.9. The molecule has 6 heteroatoms. The van der Waals surface area contributed by atoms with Crippen LogP contribution in [0.4, 0.5) is 0 Å². The standard InChI is InChI=1S/C87H60BN5/c1-86(2,58-32-16-8-17-33-58)60-42-44-74-69(50-60)70-51-61(87(3,4)59-34-18-9-19-35-59)52-73-81(70)92(74)76-48-57(85-90-83(54-28-12-6-13-29-54)89-84(91-85)55-30-14-7-15-31-55)49-77-80(76)88(73)72-47-56(63-37-21-20-36-62(63)53-26-10-5-11-27-53)46-71-79-75(93(77)82(71)72)45-43-68-66-40-23-22-38-64(66)65-39-24-25-41-67(65)78(68)79/h5-52H,1-4H3. The predicted octanol–water partition coefficient (Wildman–Crippen LogP) is 19.7. The molecule has 436 valence electrons. The first-order chi connectivity index (χ1) is 45.7. The molecule has 0 radical (unpaired) electrons. The van der Waals surface area contributed by atoms with E-state index in [9.17, 15) is 0 Å². The summed E-state index contributed by atoms with van der Waals surface area (Å²) in [5.74, 6) is 1.86. The van der Waals surface area contributed by atoms with Crippen LogP contribution in [0.2, 0.25) is 0 Å². The van der Waals surface area contributed by atoms with E-state index >= 15 is 0 Å². The lowest BCUT2D eigenvalue weighted by atomic mass is 9.34. The van der Waals surface area contributed by atoms with Gasteiger partial charge in [-0.2, -0.15) is 0 Å². The van der Waals surface area contributed by atoms with Gasteiger partial charge in [0.2, 0.25) is 0 Å². The van der Waals surface area contributed by atoms with Crippen LogP contribution >= 0.6 is 0 Å². The maximum absolute atomic E-state index is 5.52. The molecule has 0 N–H and O–H groups in total. The summed E-state index contributed by atoms with van der Waals surface area (Å²) in [4.78, 5) is 16.3. The second-order valence-electron chi connectivity index (χ2n) is 26.6. The fourth-order valence-corrected chi connectivity index (χ4v) is 16.2. The van der Waals surface area contributed by atoms with Crippen LogP contribution < -0.4 is 16.4 Å². The minimum absolute atomic E-state index is 0.222. The molecule has 0 spiro atoms. The van der Waals surface area contributed by atoms with Crippen molar-refractivity contribution in [2.75, 3.05) is 0 Å². The summed E-state index contributed by atoms with van der Waals surface area (Å²) in [6.07, 6.45) is 0. The van der Waals surface area contributed by atoms with Crippen molar-refractivity contribution in [1.82, 2.24) is 24.1 Å². The van der Waals surface area contributed by atoms with Crippen molar-refractivity contribution >= 4 is 99.0 Å². The van der Waals surface area contributed by atoms with E-state index in [4.69, 9.17) is 15.0 Å². The lowest BCUT2D eigenvalue weighted by Gasteiger charge is -2.35. The van der Waals surface area contributed by atoms with Gasteiger partial charge in [-0.25, -0.2) is 15.0 Å². The highest BCUT2D eigenvalue weighted by Gasteiger charge is 2.43. The normalized spacial score (nSPS) is 12.7. The molecule has 0 saturated carbocycles. The lowest BCUT2D eigenvalue weighted by molar-refractivity contribution is 0.641. The smallest absolute Gasteiger partial charge is 0.252 e. The molecule has 2 aliphatic rings. The Morgan fingerprint density at radius 3 is 1.30 bits per heavy atom. The summed E-state index contributed by atoms with van der Waals surface area (Å²) in [5.41, 5.74) is 22.7. The second kappa shape index (κ2) is 20.0. The SMILES string of the molecule is CC(C)(c1ccccc1)c1ccc2c(c1)c1cc(C(C)(C)c3ccccc3)cc3c1n2-c1cc(-c2nc(-c4ccccc4)nc(-c4ccccc4)n2)cc2c1B3c1cc(-c3ccccc3-c3ccccc3)cc3c4c5c6ccccc6c6ccccc6c5ccc4n-2c13. The zero-order valence-electron chi connectivity index (χ0n) is 52.0. The van der Waals surface area contributed by atoms with Crippen molar-refractivity contribution in [3.05, 3.63) is 313 Å². The summed E-state index contributed by atoms with van der Waals surface area (Å²) in [6, 6.07) is 108. The van der Waals surface area contributed by atoms with Gasteiger partial charge >= 0.3 is 0 Å². The average molecular weight is 1190 g/mol. The molecule has 5 nitrogen and oxygen atoms in total. The van der Waals surface area contributed by atoms with Gasteiger partial charge in [0.05, 0.1) is 11.0 Å². The Morgan fingerprint density at radius 1 is 0.280 bits per heavy atom. The zero-order valence-corrected chi connectivity index (χ0v) is 52.0. The van der Waals surface area contributed by atoms with Gasteiger partial charge in [-0.1, -0.05) is 276 Å². The maximum atomic E-state index is 5.52. The van der Waals surface area contributed by atoms with Crippen LogP contribution in [-0.2, 0) is 10.8 Å². The molecule has 19 rings (SSSR count). The molecule has 0 aliphatic carbocycles. The number of nitrogens with zero attached hydrogens (tertiary/aromatic N) is 5. The predicted molar refractivity (Wildman–Crippen MR) is 390 cm³/mol. The summed E-state index contributed by atoms with van der Waals surface area (Å²) in [6.45, 7) is 9.33. The van der Waals surface area contributed by atoms with Gasteiger partial charge in [0.25, 0.3) is 6.71 Å². The van der Waals surface area contributed by atoms with Gasteiger partial charge in [0, 0.05) is 76.9 Å². The van der Waals surface area contributed by atoms with Gasteiger partial charge in [0.15, 0.2) is 17.5 Å². The largest absolute Gasteiger partial charge is 0.310 e. The number of hydrogen-bond acceptors (Lipinski definition) is 3. The Kier molecular flexibility index (Phi) is 11.5. The highest BCUT2D eigenvalue weighted by molar-refractivity contribution is 7.00. The van der Waals surface area contributed by atoms with E-state index in [1.54, 1.807) is 0 Å². The van der Waals surface area contributed by atoms with Crippen LogP contribution in [0.25, 0.3) is 144 Å². The summed E-state index contributed by atoms with van der Waals surface area (Å²) < 4.78 is 5.25. The Labute approximate surface area is 539 Å². The number of rotatable bonds is 9. The Bertz CT molecular complexity index is 5880. The third-order valence-electron chi connectivity index (χ3n) is 20.9. The molecule has 0 saturated heterocycles. The van der Waals surface area contributed by atoms with E-state index < -0.39 is 0 Å². The number of fused-ring (bicyclic) bond motifs is 17. The average Bonchev–Trinajstić information content (AvgIpc) is 1.54. The number of benzene rings is 14. The molecular weight excluding hydrogens is 1130 g/mol. The first-order valence-electron chi connectivity index (χ1n) is 32.4. The molecule has 2 aliphatic heterocycles. The van der Waals surface area contributed by atoms with Gasteiger partial charge in [-0.3, -0.25) is 0 Å². The van der Waals surface area contributed by atoms with Crippen molar-refractivity contribution in [1.29, 1.82) is 0 Å². The number of hydrogen-bond donors (Lipinski definition) is 0. The Hall–Kier alpha value is -11.5. The molecular formula is C87H60BN5. The Morgan fingerprint density at radius 2 is 0.710 bits per heavy atom. The zero-order chi connectivity index (χ0) is 61.8. The first kappa shape index (κ1) is 53.4. The van der Waals surface area contributed by atoms with Gasteiger partial charge < -0.3 is 9.13 Å². The summed E-state index contributed by atoms with van der Waals surface area (Å²) >= 11 is 0. The van der Waals surface area contributed by atoms with E-state index in [-0.39, 0.29) is 17.5 Å². The van der Waals surface area contributed by atoms with Crippen molar-refractivity contribution in [2.24, 2.45) is 0 Å². The highest BCUT2D eigenvalue weighted by atomic mass is 15.1. The highest BCUT2D eigenvalue weighted by Crippen LogP contribution is 2.49. The van der Waals surface area contributed by atoms with E-state index in [2.05, 4.69) is 316 Å². The quantitative estimate of drug-likeness (QED) is 0.107. The van der Waals surface area contributed by atoms with Crippen LogP contribution in [0.5, 0.6) is 0 Å². The monoisotopic (exact) mass is 1190 g/mol. The van der Waals surface area contributed by atoms with E-state index in [1.165, 1.54) is 126 Å². The minimum atomic E-state index is -0.377. The van der Waals surface area contributed by atoms with Gasteiger partial charge in [0.1, 0.15) is 0 Å². The van der Waals surface area contributed by atoms with Crippen LogP contribution in [0.3, 0.4) is 0 Å². The molecule has 93 heavy (non-hydrogen) atoms. The van der Waals surface area contributed by atoms with Gasteiger partial charge in [-0.15, -0.1) is 0 Å². The maximum Gasteiger partial charge on any atom is 0.252 e. The molecule has 3 aromatic heterocycles. The van der Waals surface area contributed by atoms with E-state index in [1.807, 2.05) is 12.1 Å². The summed E-state index contributed by atoms with van der Waals surface area (Å²) in [5, 5.41) is 12.4. The van der Waals surface area contributed by atoms with Crippen LogP contribution in [0.15, 0.2) is 291 Å². The van der Waals surface area contributed by atoms with Crippen LogP contribution in [-0.4, -0.2) is 30.8 Å². The fraction of sp³-hybridized carbons (Fsp3) is 0.0690. The summed E-state index contributed by atoms with van der Waals surface area (Å²) in [7, 11) is 0. The van der Waals surface area contributed by atoms with Crippen molar-refractivity contribution < 1.29 is 0 Å². The molecule has 0 unspecified atom stereocenters. The van der Waals surface area contributed by atoms with Gasteiger partial charge in [-0.05, 0) is 130 Å². The minimum Gasteiger partial charge on any atom is -0.310 e. The Balaban J connectivity index is 1.01. The third kappa shape index (κ3) is 7.85. The lowest BCUT2D eigenvalue weighted by Crippen LogP contribution is -2.59. The molecule has 0 atom stereocenters. The fourth-order valence-electron chi connectivity index (χ4n) is 16.2. The van der Waals surface area contributed by atoms with Crippen LogP contribution in [0, 0.1) is 0 Å². The number of aromatic nitrogens is 5. The molecule has 5 heterocycles. The van der Waals surface area contributed by atoms with Crippen molar-refractivity contribution in [3.63, 3.8) is 0 Å². The molecule has 14 aromatic carbocycles. The molecule has 0 bridgehead atoms.